The predicted molar refractivity (Wildman–Crippen MR) is 61.3 cm³/mol. The van der Waals surface area contributed by atoms with Gasteiger partial charge in [-0.25, -0.2) is 13.4 Å². The van der Waals surface area contributed by atoms with Gasteiger partial charge in [0.15, 0.2) is 5.82 Å². The quantitative estimate of drug-likeness (QED) is 0.543. The minimum absolute atomic E-state index is 0. The van der Waals surface area contributed by atoms with Crippen LogP contribution in [0, 0.1) is 5.82 Å². The molecule has 0 spiro atoms. The van der Waals surface area contributed by atoms with Crippen molar-refractivity contribution in [2.75, 3.05) is 10.8 Å². The number of halogens is 2. The Bertz CT molecular complexity index is 592. The van der Waals surface area contributed by atoms with Crippen LogP contribution in [-0.4, -0.2) is 26.0 Å². The molecule has 0 unspecified atom stereocenters. The molecule has 0 aliphatic carbocycles. The summed E-state index contributed by atoms with van der Waals surface area (Å²) < 4.78 is 38.9. The summed E-state index contributed by atoms with van der Waals surface area (Å²) in [7, 11) is -4.13. The first-order valence-electron chi connectivity index (χ1n) is 4.32. The molecular weight excluding hydrogens is 358 g/mol. The van der Waals surface area contributed by atoms with Gasteiger partial charge in [0.05, 0.1) is 0 Å². The maximum Gasteiger partial charge on any atom is 1.00 e. The zero-order valence-corrected chi connectivity index (χ0v) is 14.7. The Morgan fingerprint density at radius 3 is 2.56 bits per heavy atom. The van der Waals surface area contributed by atoms with Crippen LogP contribution < -0.4 is 60.4 Å². The molecule has 6 nitrogen and oxygen atoms in total. The van der Waals surface area contributed by atoms with Crippen LogP contribution in [-0.2, 0) is 15.0 Å². The number of carbonyl (C=O) groups is 1. The Hall–Kier alpha value is 0.286. The van der Waals surface area contributed by atoms with Gasteiger partial charge in [-0.15, -0.1) is 0 Å². The molecule has 18 heavy (non-hydrogen) atoms. The topological polar surface area (TPSA) is 86.7 Å². The molecule has 1 amide bonds. The molecule has 0 saturated carbocycles. The van der Waals surface area contributed by atoms with Crippen LogP contribution in [0.1, 0.15) is 1.43 Å². The van der Waals surface area contributed by atoms with Gasteiger partial charge < -0.3 is 6.53 Å². The van der Waals surface area contributed by atoms with E-state index in [0.29, 0.717) is 4.31 Å². The van der Waals surface area contributed by atoms with E-state index in [2.05, 4.69) is 15.9 Å². The van der Waals surface area contributed by atoms with E-state index < -0.39 is 39.9 Å². The molecule has 0 aromatic heterocycles. The monoisotopic (exact) mass is 364 g/mol. The predicted octanol–water partition coefficient (Wildman–Crippen LogP) is -2.41. The first-order valence-corrected chi connectivity index (χ1v) is 6.56. The van der Waals surface area contributed by atoms with Crippen LogP contribution in [0.15, 0.2) is 16.6 Å². The normalized spacial score (nSPS) is 17.2. The van der Waals surface area contributed by atoms with E-state index >= 15 is 0 Å². The maximum absolute atomic E-state index is 13.6. The number of rotatable bonds is 1. The first-order chi connectivity index (χ1) is 7.81. The van der Waals surface area contributed by atoms with Gasteiger partial charge in [-0.2, -0.15) is 8.42 Å². The largest absolute Gasteiger partial charge is 1.00 e. The second kappa shape index (κ2) is 5.73. The Morgan fingerprint density at radius 1 is 1.50 bits per heavy atom. The molecule has 1 saturated heterocycles. The number of phenols is 1. The molecule has 94 valence electrons. The number of benzene rings is 1. The van der Waals surface area contributed by atoms with Crippen molar-refractivity contribution in [2.24, 2.45) is 0 Å². The minimum Gasteiger partial charge on any atom is -1.00 e. The van der Waals surface area contributed by atoms with E-state index in [-0.39, 0.29) is 57.3 Å². The third-order valence-electron chi connectivity index (χ3n) is 2.08. The average molecular weight is 365 g/mol. The van der Waals surface area contributed by atoms with Gasteiger partial charge in [0.2, 0.25) is 0 Å². The number of anilines is 1. The third kappa shape index (κ3) is 3.06. The van der Waals surface area contributed by atoms with Crippen LogP contribution in [0.25, 0.3) is 0 Å². The van der Waals surface area contributed by atoms with E-state index in [9.17, 15) is 22.7 Å². The van der Waals surface area contributed by atoms with Crippen molar-refractivity contribution in [3.8, 4) is 5.75 Å². The number of nitrogens with zero attached hydrogens (tertiary/aromatic N) is 1. The van der Waals surface area contributed by atoms with Gasteiger partial charge in [0.25, 0.3) is 5.91 Å². The van der Waals surface area contributed by atoms with Crippen molar-refractivity contribution in [1.82, 2.24) is 4.72 Å². The summed E-state index contributed by atoms with van der Waals surface area (Å²) in [5, 5.41) is 9.54. The molecule has 1 aliphatic heterocycles. The number of hydrogen-bond donors (Lipinski definition) is 2. The van der Waals surface area contributed by atoms with E-state index in [4.69, 9.17) is 0 Å². The number of phenolic OH excluding ortho intramolecular Hbond substituents is 1. The molecule has 1 aromatic rings. The van der Waals surface area contributed by atoms with E-state index in [1.54, 1.807) is 4.72 Å². The molecule has 0 atom stereocenters. The van der Waals surface area contributed by atoms with Crippen molar-refractivity contribution in [1.29, 1.82) is 0 Å². The van der Waals surface area contributed by atoms with Crippen molar-refractivity contribution >= 4 is 37.7 Å². The van der Waals surface area contributed by atoms with Crippen molar-refractivity contribution in [3.05, 3.63) is 22.4 Å². The molecule has 0 bridgehead atoms. The molecule has 2 N–H and O–H groups in total. The Balaban J connectivity index is 0.00000162. The fourth-order valence-electron chi connectivity index (χ4n) is 1.45. The van der Waals surface area contributed by atoms with Crippen LogP contribution >= 0.6 is 15.9 Å². The van der Waals surface area contributed by atoms with E-state index in [0.717, 1.165) is 12.1 Å². The zero-order valence-electron chi connectivity index (χ0n) is 10.1. The van der Waals surface area contributed by atoms with Gasteiger partial charge in [-0.3, -0.25) is 4.79 Å². The van der Waals surface area contributed by atoms with Crippen molar-refractivity contribution in [3.63, 3.8) is 0 Å². The minimum atomic E-state index is -4.13. The van der Waals surface area contributed by atoms with E-state index in [1.807, 2.05) is 0 Å². The standard InChI is InChI=1S/C8H6BrFN2O4S.K.H/c9-4-1-5(10)8(6(13)2-4)12-3-7(14)11-17(12,15)16;;/h1-2,13H,3H2,(H,11,14);;/q;+1;-1. The molecule has 10 heteroatoms. The molecule has 1 heterocycles. The molecule has 0 radical (unpaired) electrons. The second-order valence-corrected chi connectivity index (χ2v) is 5.80. The third-order valence-corrected chi connectivity index (χ3v) is 3.91. The van der Waals surface area contributed by atoms with Crippen LogP contribution in [0.5, 0.6) is 5.75 Å². The van der Waals surface area contributed by atoms with E-state index in [1.165, 1.54) is 0 Å². The van der Waals surface area contributed by atoms with Gasteiger partial charge in [0, 0.05) is 4.47 Å². The zero-order chi connectivity index (χ0) is 12.8. The number of amides is 1. The summed E-state index contributed by atoms with van der Waals surface area (Å²) >= 11 is 2.95. The summed E-state index contributed by atoms with van der Waals surface area (Å²) in [6.07, 6.45) is 0. The fourth-order valence-corrected chi connectivity index (χ4v) is 3.03. The average Bonchev–Trinajstić information content (AvgIpc) is 2.37. The fraction of sp³-hybridized carbons (Fsp3) is 0.125. The Kier molecular flexibility index (Phi) is 5.20. The Morgan fingerprint density at radius 2 is 2.11 bits per heavy atom. The number of nitrogens with one attached hydrogen (secondary N) is 1. The van der Waals surface area contributed by atoms with Crippen LogP contribution in [0.4, 0.5) is 10.1 Å². The molecule has 1 aliphatic rings. The van der Waals surface area contributed by atoms with Gasteiger partial charge >= 0.3 is 61.6 Å². The smallest absolute Gasteiger partial charge is 1.00 e. The van der Waals surface area contributed by atoms with Crippen molar-refractivity contribution < 1.29 is 75.5 Å². The SMILES string of the molecule is O=C1CN(c2c(O)cc(Br)cc2F)S(=O)(=O)N1.[H-].[K+]. The first kappa shape index (κ1) is 16.3. The molecule has 1 fully saturated rings. The van der Waals surface area contributed by atoms with Crippen LogP contribution in [0.2, 0.25) is 0 Å². The number of hydrogen-bond acceptors (Lipinski definition) is 4. The summed E-state index contributed by atoms with van der Waals surface area (Å²) in [6, 6.07) is 2.13. The number of carbonyl (C=O) groups excluding carboxylic acids is 1. The molecule has 2 rings (SSSR count). The summed E-state index contributed by atoms with van der Waals surface area (Å²) in [5.74, 6) is -2.30. The molecule has 1 aromatic carbocycles. The maximum atomic E-state index is 13.6. The van der Waals surface area contributed by atoms with Gasteiger partial charge in [0.1, 0.15) is 18.0 Å². The van der Waals surface area contributed by atoms with Crippen molar-refractivity contribution in [2.45, 2.75) is 0 Å². The van der Waals surface area contributed by atoms with Gasteiger partial charge in [-0.05, 0) is 12.1 Å². The summed E-state index contributed by atoms with van der Waals surface area (Å²) in [4.78, 5) is 11.0. The Labute approximate surface area is 155 Å². The summed E-state index contributed by atoms with van der Waals surface area (Å²) in [5.41, 5.74) is -0.549. The second-order valence-electron chi connectivity index (χ2n) is 3.29. The summed E-state index contributed by atoms with van der Waals surface area (Å²) in [6.45, 7) is -0.561. The van der Waals surface area contributed by atoms with Gasteiger partial charge in [-0.1, -0.05) is 15.9 Å². The van der Waals surface area contributed by atoms with Crippen LogP contribution in [0.3, 0.4) is 0 Å². The number of aromatic hydroxyl groups is 1. The molecular formula is C8H7BrFKN2O4S.